The SMILES string of the molecule is CN=C(NCCCn1nc2n(c1=O)CCCC2)N(C)Cc1ccc(OC(F)F)cc1. The lowest BCUT2D eigenvalue weighted by Gasteiger charge is -2.22. The van der Waals surface area contributed by atoms with E-state index in [9.17, 15) is 13.6 Å². The largest absolute Gasteiger partial charge is 0.435 e. The van der Waals surface area contributed by atoms with Crippen LogP contribution in [-0.2, 0) is 26.1 Å². The predicted octanol–water partition coefficient (Wildman–Crippen LogP) is 2.08. The second kappa shape index (κ2) is 10.2. The molecule has 0 amide bonds. The quantitative estimate of drug-likeness (QED) is 0.401. The van der Waals surface area contributed by atoms with Crippen molar-refractivity contribution in [2.24, 2.45) is 4.99 Å². The van der Waals surface area contributed by atoms with Crippen molar-refractivity contribution < 1.29 is 13.5 Å². The Kier molecular flexibility index (Phi) is 7.42. The maximum absolute atomic E-state index is 12.4. The second-order valence-electron chi connectivity index (χ2n) is 7.24. The summed E-state index contributed by atoms with van der Waals surface area (Å²) in [5.41, 5.74) is 0.919. The van der Waals surface area contributed by atoms with Crippen LogP contribution in [-0.4, -0.2) is 52.5 Å². The van der Waals surface area contributed by atoms with Gasteiger partial charge in [0.2, 0.25) is 0 Å². The Hall–Kier alpha value is -2.91. The third-order valence-electron chi connectivity index (χ3n) is 5.00. The molecule has 8 nitrogen and oxygen atoms in total. The van der Waals surface area contributed by atoms with Gasteiger partial charge in [-0.2, -0.15) is 13.9 Å². The molecular weight excluding hydrogens is 394 g/mol. The monoisotopic (exact) mass is 422 g/mol. The van der Waals surface area contributed by atoms with Crippen LogP contribution < -0.4 is 15.7 Å². The number of aromatic nitrogens is 3. The van der Waals surface area contributed by atoms with Gasteiger partial charge in [-0.05, 0) is 37.0 Å². The Balaban J connectivity index is 1.46. The molecule has 2 aromatic rings. The molecule has 1 aromatic carbocycles. The number of hydrogen-bond acceptors (Lipinski definition) is 4. The van der Waals surface area contributed by atoms with Crippen molar-refractivity contribution in [1.29, 1.82) is 0 Å². The van der Waals surface area contributed by atoms with Crippen LogP contribution in [0.1, 0.15) is 30.7 Å². The summed E-state index contributed by atoms with van der Waals surface area (Å²) in [6, 6.07) is 6.53. The Morgan fingerprint density at radius 2 is 2.10 bits per heavy atom. The van der Waals surface area contributed by atoms with E-state index in [1.54, 1.807) is 28.4 Å². The normalized spacial score (nSPS) is 14.0. The van der Waals surface area contributed by atoms with Gasteiger partial charge < -0.3 is 15.0 Å². The smallest absolute Gasteiger partial charge is 0.387 e. The first kappa shape index (κ1) is 21.8. The van der Waals surface area contributed by atoms with E-state index in [2.05, 4.69) is 20.1 Å². The van der Waals surface area contributed by atoms with Crippen molar-refractivity contribution in [2.75, 3.05) is 20.6 Å². The molecule has 0 unspecified atom stereocenters. The van der Waals surface area contributed by atoms with Gasteiger partial charge in [0.15, 0.2) is 5.96 Å². The fourth-order valence-electron chi connectivity index (χ4n) is 3.53. The Bertz CT molecular complexity index is 907. The van der Waals surface area contributed by atoms with Crippen LogP contribution >= 0.6 is 0 Å². The summed E-state index contributed by atoms with van der Waals surface area (Å²) in [4.78, 5) is 18.6. The molecule has 1 aliphatic rings. The van der Waals surface area contributed by atoms with Crippen molar-refractivity contribution in [1.82, 2.24) is 24.6 Å². The standard InChI is InChI=1S/C20H28F2N6O2/c1-23-19(26(2)14-15-7-9-16(10-8-15)30-18(21)22)24-11-5-13-28-20(29)27-12-4-3-6-17(27)25-28/h7-10,18H,3-6,11-14H2,1-2H3,(H,23,24). The van der Waals surface area contributed by atoms with E-state index in [0.717, 1.165) is 43.6 Å². The van der Waals surface area contributed by atoms with E-state index in [4.69, 9.17) is 0 Å². The average molecular weight is 422 g/mol. The average Bonchev–Trinajstić information content (AvgIpc) is 3.05. The van der Waals surface area contributed by atoms with Gasteiger partial charge in [-0.15, -0.1) is 0 Å². The van der Waals surface area contributed by atoms with Gasteiger partial charge in [-0.1, -0.05) is 12.1 Å². The van der Waals surface area contributed by atoms with Gasteiger partial charge >= 0.3 is 12.3 Å². The Morgan fingerprint density at radius 3 is 2.77 bits per heavy atom. The van der Waals surface area contributed by atoms with Gasteiger partial charge in [0.1, 0.15) is 11.6 Å². The highest BCUT2D eigenvalue weighted by molar-refractivity contribution is 5.79. The van der Waals surface area contributed by atoms with E-state index in [1.165, 1.54) is 12.1 Å². The third-order valence-corrected chi connectivity index (χ3v) is 5.00. The highest BCUT2D eigenvalue weighted by Gasteiger charge is 2.16. The zero-order chi connectivity index (χ0) is 21.5. The topological polar surface area (TPSA) is 76.7 Å². The molecule has 0 bridgehead atoms. The number of aryl methyl sites for hydroxylation is 2. The summed E-state index contributed by atoms with van der Waals surface area (Å²) in [5, 5.41) is 7.73. The molecule has 2 heterocycles. The van der Waals surface area contributed by atoms with Crippen molar-refractivity contribution in [3.05, 3.63) is 46.1 Å². The first-order valence-electron chi connectivity index (χ1n) is 10.1. The molecule has 164 valence electrons. The third kappa shape index (κ3) is 5.58. The fraction of sp³-hybridized carbons (Fsp3) is 0.550. The number of ether oxygens (including phenoxy) is 1. The van der Waals surface area contributed by atoms with Crippen LogP contribution in [0.2, 0.25) is 0 Å². The molecule has 0 radical (unpaired) electrons. The number of nitrogens with one attached hydrogen (secondary N) is 1. The van der Waals surface area contributed by atoms with Crippen LogP contribution in [0.5, 0.6) is 5.75 Å². The number of aliphatic imine (C=N–C) groups is 1. The number of fused-ring (bicyclic) bond motifs is 1. The summed E-state index contributed by atoms with van der Waals surface area (Å²) in [7, 11) is 3.60. The molecule has 1 N–H and O–H groups in total. The van der Waals surface area contributed by atoms with Crippen molar-refractivity contribution >= 4 is 5.96 Å². The van der Waals surface area contributed by atoms with Gasteiger partial charge in [-0.25, -0.2) is 9.48 Å². The van der Waals surface area contributed by atoms with Gasteiger partial charge in [0.25, 0.3) is 0 Å². The zero-order valence-electron chi connectivity index (χ0n) is 17.4. The van der Waals surface area contributed by atoms with Crippen molar-refractivity contribution in [3.8, 4) is 5.75 Å². The molecule has 1 aliphatic heterocycles. The lowest BCUT2D eigenvalue weighted by molar-refractivity contribution is -0.0498. The highest BCUT2D eigenvalue weighted by atomic mass is 19.3. The summed E-state index contributed by atoms with van der Waals surface area (Å²) >= 11 is 0. The van der Waals surface area contributed by atoms with E-state index in [1.807, 2.05) is 11.9 Å². The summed E-state index contributed by atoms with van der Waals surface area (Å²) in [6.07, 6.45) is 3.73. The van der Waals surface area contributed by atoms with Crippen LogP contribution in [0.3, 0.4) is 0 Å². The number of alkyl halides is 2. The number of hydrogen-bond donors (Lipinski definition) is 1. The first-order valence-corrected chi connectivity index (χ1v) is 10.1. The second-order valence-corrected chi connectivity index (χ2v) is 7.24. The highest BCUT2D eigenvalue weighted by Crippen LogP contribution is 2.15. The molecule has 0 atom stereocenters. The molecule has 0 aliphatic carbocycles. The molecule has 10 heteroatoms. The van der Waals surface area contributed by atoms with E-state index >= 15 is 0 Å². The molecule has 30 heavy (non-hydrogen) atoms. The molecule has 0 fully saturated rings. The summed E-state index contributed by atoms with van der Waals surface area (Å²) in [6.45, 7) is -0.309. The fourth-order valence-corrected chi connectivity index (χ4v) is 3.53. The zero-order valence-corrected chi connectivity index (χ0v) is 17.4. The summed E-state index contributed by atoms with van der Waals surface area (Å²) in [5.74, 6) is 1.73. The molecule has 0 saturated heterocycles. The maximum atomic E-state index is 12.4. The van der Waals surface area contributed by atoms with Crippen LogP contribution in [0.15, 0.2) is 34.1 Å². The van der Waals surface area contributed by atoms with Crippen LogP contribution in [0.25, 0.3) is 0 Å². The molecule has 0 saturated carbocycles. The minimum atomic E-state index is -2.83. The van der Waals surface area contributed by atoms with Gasteiger partial charge in [0.05, 0.1) is 0 Å². The van der Waals surface area contributed by atoms with Crippen LogP contribution in [0, 0.1) is 0 Å². The van der Waals surface area contributed by atoms with Crippen molar-refractivity contribution in [2.45, 2.75) is 51.9 Å². The van der Waals surface area contributed by atoms with E-state index in [0.29, 0.717) is 25.6 Å². The minimum absolute atomic E-state index is 0.0227. The van der Waals surface area contributed by atoms with Crippen molar-refractivity contribution in [3.63, 3.8) is 0 Å². The summed E-state index contributed by atoms with van der Waals surface area (Å²) < 4.78 is 32.2. The molecular formula is C20H28F2N6O2. The number of nitrogens with zero attached hydrogens (tertiary/aromatic N) is 5. The Morgan fingerprint density at radius 1 is 1.33 bits per heavy atom. The first-order chi connectivity index (χ1) is 14.5. The Labute approximate surface area is 174 Å². The maximum Gasteiger partial charge on any atom is 0.387 e. The predicted molar refractivity (Wildman–Crippen MR) is 110 cm³/mol. The molecule has 0 spiro atoms. The van der Waals surface area contributed by atoms with Gasteiger partial charge in [-0.3, -0.25) is 9.56 Å². The lowest BCUT2D eigenvalue weighted by atomic mass is 10.2. The molecule has 1 aromatic heterocycles. The van der Waals surface area contributed by atoms with E-state index in [-0.39, 0.29) is 11.4 Å². The number of rotatable bonds is 8. The number of benzene rings is 1. The van der Waals surface area contributed by atoms with E-state index < -0.39 is 6.61 Å². The van der Waals surface area contributed by atoms with Crippen LogP contribution in [0.4, 0.5) is 8.78 Å². The number of guanidine groups is 1. The lowest BCUT2D eigenvalue weighted by Crippen LogP contribution is -2.39. The molecule has 3 rings (SSSR count). The minimum Gasteiger partial charge on any atom is -0.435 e. The van der Waals surface area contributed by atoms with Gasteiger partial charge in [0, 0.05) is 46.7 Å². The number of halogens is 2.